The van der Waals surface area contributed by atoms with Crippen LogP contribution in [0.4, 0.5) is 5.95 Å². The van der Waals surface area contributed by atoms with Gasteiger partial charge in [0.15, 0.2) is 0 Å². The zero-order valence-electron chi connectivity index (χ0n) is 8.99. The summed E-state index contributed by atoms with van der Waals surface area (Å²) < 4.78 is 4.50. The third-order valence-electron chi connectivity index (χ3n) is 1.95. The fourth-order valence-electron chi connectivity index (χ4n) is 1.01. The fourth-order valence-corrected chi connectivity index (χ4v) is 1.01. The first-order valence-electron chi connectivity index (χ1n) is 4.88. The van der Waals surface area contributed by atoms with Gasteiger partial charge in [-0.25, -0.2) is 9.97 Å². The first kappa shape index (κ1) is 11.4. The van der Waals surface area contributed by atoms with Crippen LogP contribution in [0.5, 0.6) is 0 Å². The molecule has 82 valence electrons. The molecule has 1 aromatic heterocycles. The maximum absolute atomic E-state index is 10.8. The van der Waals surface area contributed by atoms with E-state index in [2.05, 4.69) is 20.0 Å². The van der Waals surface area contributed by atoms with Crippen molar-refractivity contribution < 1.29 is 9.53 Å². The van der Waals surface area contributed by atoms with Crippen molar-refractivity contribution >= 4 is 11.9 Å². The van der Waals surface area contributed by atoms with Gasteiger partial charge < -0.3 is 10.1 Å². The smallest absolute Gasteiger partial charge is 0.307 e. The highest BCUT2D eigenvalue weighted by molar-refractivity contribution is 5.69. The summed E-state index contributed by atoms with van der Waals surface area (Å²) in [5.74, 6) is 0.295. The van der Waals surface area contributed by atoms with Gasteiger partial charge in [-0.3, -0.25) is 4.79 Å². The standard InChI is InChI=1S/C10H15N3O2/c1-3-8-6-12-10(13-7-8)11-5-4-9(14)15-2/h6-7H,3-5H2,1-2H3,(H,11,12,13). The predicted molar refractivity (Wildman–Crippen MR) is 56.5 cm³/mol. The molecule has 0 fully saturated rings. The molecule has 0 aromatic carbocycles. The van der Waals surface area contributed by atoms with Gasteiger partial charge in [0.1, 0.15) is 0 Å². The molecule has 5 nitrogen and oxygen atoms in total. The molecule has 1 aromatic rings. The monoisotopic (exact) mass is 209 g/mol. The number of aryl methyl sites for hydroxylation is 1. The number of hydrogen-bond acceptors (Lipinski definition) is 5. The quantitative estimate of drug-likeness (QED) is 0.733. The summed E-state index contributed by atoms with van der Waals surface area (Å²) in [6.45, 7) is 2.53. The van der Waals surface area contributed by atoms with Crippen molar-refractivity contribution in [3.05, 3.63) is 18.0 Å². The number of ether oxygens (including phenoxy) is 1. The minimum atomic E-state index is -0.243. The van der Waals surface area contributed by atoms with Crippen LogP contribution in [0.2, 0.25) is 0 Å². The minimum Gasteiger partial charge on any atom is -0.469 e. The maximum Gasteiger partial charge on any atom is 0.307 e. The predicted octanol–water partition coefficient (Wildman–Crippen LogP) is 1.01. The summed E-state index contributed by atoms with van der Waals surface area (Å²) in [7, 11) is 1.37. The van der Waals surface area contributed by atoms with Crippen LogP contribution in [0.3, 0.4) is 0 Å². The number of carbonyl (C=O) groups excluding carboxylic acids is 1. The van der Waals surface area contributed by atoms with Crippen molar-refractivity contribution in [3.8, 4) is 0 Å². The van der Waals surface area contributed by atoms with Crippen LogP contribution in [0.1, 0.15) is 18.9 Å². The van der Waals surface area contributed by atoms with E-state index < -0.39 is 0 Å². The Bertz CT molecular complexity index is 311. The molecule has 0 radical (unpaired) electrons. The fraction of sp³-hybridized carbons (Fsp3) is 0.500. The van der Waals surface area contributed by atoms with Gasteiger partial charge in [-0.1, -0.05) is 6.92 Å². The van der Waals surface area contributed by atoms with Crippen molar-refractivity contribution in [2.24, 2.45) is 0 Å². The zero-order chi connectivity index (χ0) is 11.1. The van der Waals surface area contributed by atoms with E-state index >= 15 is 0 Å². The molecule has 1 rings (SSSR count). The summed E-state index contributed by atoms with van der Waals surface area (Å²) in [5.41, 5.74) is 1.09. The van der Waals surface area contributed by atoms with Crippen LogP contribution in [0.25, 0.3) is 0 Å². The average molecular weight is 209 g/mol. The lowest BCUT2D eigenvalue weighted by molar-refractivity contribution is -0.140. The highest BCUT2D eigenvalue weighted by Gasteiger charge is 2.00. The molecule has 0 unspecified atom stereocenters. The van der Waals surface area contributed by atoms with Crippen LogP contribution in [-0.4, -0.2) is 29.6 Å². The van der Waals surface area contributed by atoms with Crippen LogP contribution < -0.4 is 5.32 Å². The third kappa shape index (κ3) is 3.93. The first-order chi connectivity index (χ1) is 7.26. The van der Waals surface area contributed by atoms with Crippen molar-refractivity contribution in [1.29, 1.82) is 0 Å². The number of rotatable bonds is 5. The Morgan fingerprint density at radius 3 is 2.67 bits per heavy atom. The highest BCUT2D eigenvalue weighted by atomic mass is 16.5. The SMILES string of the molecule is CCc1cnc(NCCC(=O)OC)nc1. The number of carbonyl (C=O) groups is 1. The molecule has 5 heteroatoms. The summed E-state index contributed by atoms with van der Waals surface area (Å²) >= 11 is 0. The summed E-state index contributed by atoms with van der Waals surface area (Å²) in [4.78, 5) is 19.0. The van der Waals surface area contributed by atoms with E-state index in [1.54, 1.807) is 12.4 Å². The maximum atomic E-state index is 10.8. The molecular formula is C10H15N3O2. The summed E-state index contributed by atoms with van der Waals surface area (Å²) in [6.07, 6.45) is 4.78. The van der Waals surface area contributed by atoms with Crippen LogP contribution in [0.15, 0.2) is 12.4 Å². The number of esters is 1. The van der Waals surface area contributed by atoms with E-state index in [-0.39, 0.29) is 5.97 Å². The van der Waals surface area contributed by atoms with Gasteiger partial charge in [0.05, 0.1) is 13.5 Å². The van der Waals surface area contributed by atoms with Crippen LogP contribution >= 0.6 is 0 Å². The summed E-state index contributed by atoms with van der Waals surface area (Å²) in [6, 6.07) is 0. The lowest BCUT2D eigenvalue weighted by atomic mass is 10.3. The Morgan fingerprint density at radius 2 is 2.13 bits per heavy atom. The van der Waals surface area contributed by atoms with Crippen LogP contribution in [-0.2, 0) is 16.0 Å². The molecule has 0 saturated heterocycles. The Kier molecular flexibility index (Phi) is 4.53. The molecule has 0 saturated carbocycles. The van der Waals surface area contributed by atoms with Gasteiger partial charge in [0, 0.05) is 18.9 Å². The topological polar surface area (TPSA) is 64.1 Å². The molecule has 15 heavy (non-hydrogen) atoms. The van der Waals surface area contributed by atoms with Crippen molar-refractivity contribution in [2.75, 3.05) is 19.0 Å². The molecule has 1 N–H and O–H groups in total. The first-order valence-corrected chi connectivity index (χ1v) is 4.88. The largest absolute Gasteiger partial charge is 0.469 e. The van der Waals surface area contributed by atoms with Crippen LogP contribution in [0, 0.1) is 0 Å². The number of nitrogens with zero attached hydrogens (tertiary/aromatic N) is 2. The molecule has 0 bridgehead atoms. The average Bonchev–Trinajstić information content (AvgIpc) is 2.29. The number of nitrogens with one attached hydrogen (secondary N) is 1. The van der Waals surface area contributed by atoms with Gasteiger partial charge in [0.2, 0.25) is 5.95 Å². The van der Waals surface area contributed by atoms with E-state index in [0.29, 0.717) is 18.9 Å². The molecular weight excluding hydrogens is 194 g/mol. The Balaban J connectivity index is 2.34. The highest BCUT2D eigenvalue weighted by Crippen LogP contribution is 2.00. The Labute approximate surface area is 88.9 Å². The van der Waals surface area contributed by atoms with E-state index in [1.165, 1.54) is 7.11 Å². The second kappa shape index (κ2) is 5.95. The lowest BCUT2D eigenvalue weighted by Gasteiger charge is -2.03. The van der Waals surface area contributed by atoms with Gasteiger partial charge in [-0.15, -0.1) is 0 Å². The third-order valence-corrected chi connectivity index (χ3v) is 1.95. The molecule has 0 aliphatic rings. The zero-order valence-corrected chi connectivity index (χ0v) is 8.99. The van der Waals surface area contributed by atoms with Crippen molar-refractivity contribution in [2.45, 2.75) is 19.8 Å². The number of methoxy groups -OCH3 is 1. The second-order valence-electron chi connectivity index (χ2n) is 3.02. The molecule has 0 amide bonds. The van der Waals surface area contributed by atoms with Gasteiger partial charge in [-0.05, 0) is 12.0 Å². The Morgan fingerprint density at radius 1 is 1.47 bits per heavy atom. The molecule has 0 aliphatic carbocycles. The molecule has 1 heterocycles. The van der Waals surface area contributed by atoms with Gasteiger partial charge in [0.25, 0.3) is 0 Å². The second-order valence-corrected chi connectivity index (χ2v) is 3.02. The Hall–Kier alpha value is -1.65. The van der Waals surface area contributed by atoms with Crippen molar-refractivity contribution in [3.63, 3.8) is 0 Å². The lowest BCUT2D eigenvalue weighted by Crippen LogP contribution is -2.11. The molecule has 0 spiro atoms. The normalized spacial score (nSPS) is 9.73. The van der Waals surface area contributed by atoms with Gasteiger partial charge in [-0.2, -0.15) is 0 Å². The van der Waals surface area contributed by atoms with Crippen molar-refractivity contribution in [1.82, 2.24) is 9.97 Å². The van der Waals surface area contributed by atoms with Gasteiger partial charge >= 0.3 is 5.97 Å². The van der Waals surface area contributed by atoms with E-state index in [0.717, 1.165) is 12.0 Å². The molecule has 0 aliphatic heterocycles. The minimum absolute atomic E-state index is 0.243. The van der Waals surface area contributed by atoms with E-state index in [1.807, 2.05) is 6.92 Å². The van der Waals surface area contributed by atoms with E-state index in [9.17, 15) is 4.79 Å². The summed E-state index contributed by atoms with van der Waals surface area (Å²) in [5, 5.41) is 2.94. The number of aromatic nitrogens is 2. The van der Waals surface area contributed by atoms with E-state index in [4.69, 9.17) is 0 Å². The number of anilines is 1. The number of hydrogen-bond donors (Lipinski definition) is 1. The molecule has 0 atom stereocenters.